The Balaban J connectivity index is 1.55. The van der Waals surface area contributed by atoms with Gasteiger partial charge >= 0.3 is 5.97 Å². The van der Waals surface area contributed by atoms with E-state index in [1.807, 2.05) is 32.9 Å². The number of esters is 1. The minimum atomic E-state index is -0.664. The fourth-order valence-corrected chi connectivity index (χ4v) is 3.54. The zero-order valence-corrected chi connectivity index (χ0v) is 16.6. The molecule has 0 aliphatic carbocycles. The lowest BCUT2D eigenvalue weighted by Crippen LogP contribution is -2.28. The molecule has 1 aliphatic heterocycles. The Morgan fingerprint density at radius 1 is 1.14 bits per heavy atom. The highest BCUT2D eigenvalue weighted by Crippen LogP contribution is 2.26. The number of nitrogens with one attached hydrogen (secondary N) is 1. The number of anilines is 2. The van der Waals surface area contributed by atoms with Crippen molar-refractivity contribution >= 4 is 29.2 Å². The van der Waals surface area contributed by atoms with Crippen LogP contribution in [0.25, 0.3) is 0 Å². The van der Waals surface area contributed by atoms with Crippen LogP contribution in [0.4, 0.5) is 15.8 Å². The highest BCUT2D eigenvalue weighted by Gasteiger charge is 2.36. The monoisotopic (exact) mass is 398 g/mol. The Morgan fingerprint density at radius 2 is 1.76 bits per heavy atom. The van der Waals surface area contributed by atoms with E-state index in [0.29, 0.717) is 11.4 Å². The van der Waals surface area contributed by atoms with Gasteiger partial charge in [0.25, 0.3) is 5.91 Å². The lowest BCUT2D eigenvalue weighted by Gasteiger charge is -2.16. The molecule has 0 aromatic heterocycles. The van der Waals surface area contributed by atoms with Gasteiger partial charge in [0.2, 0.25) is 5.91 Å². The third-order valence-corrected chi connectivity index (χ3v) is 4.88. The fourth-order valence-electron chi connectivity index (χ4n) is 3.54. The molecule has 152 valence electrons. The molecular weight excluding hydrogens is 375 g/mol. The zero-order valence-electron chi connectivity index (χ0n) is 16.6. The van der Waals surface area contributed by atoms with E-state index in [1.54, 1.807) is 0 Å². The normalized spacial score (nSPS) is 16.1. The first-order valence-electron chi connectivity index (χ1n) is 9.35. The SMILES string of the molecule is Cc1cc(C)c(NC(=O)COC(=O)[C@H]2CC(=O)N(c3ccc(F)cc3)C2)c(C)c1. The van der Waals surface area contributed by atoms with Gasteiger partial charge in [-0.2, -0.15) is 0 Å². The number of carbonyl (C=O) groups is 3. The predicted octanol–water partition coefficient (Wildman–Crippen LogP) is 3.29. The van der Waals surface area contributed by atoms with Gasteiger partial charge < -0.3 is 15.0 Å². The number of ether oxygens (including phenoxy) is 1. The summed E-state index contributed by atoms with van der Waals surface area (Å²) in [7, 11) is 0. The highest BCUT2D eigenvalue weighted by molar-refractivity contribution is 6.00. The smallest absolute Gasteiger partial charge is 0.311 e. The van der Waals surface area contributed by atoms with Gasteiger partial charge in [-0.15, -0.1) is 0 Å². The third-order valence-electron chi connectivity index (χ3n) is 4.88. The van der Waals surface area contributed by atoms with Crippen molar-refractivity contribution in [1.29, 1.82) is 0 Å². The second-order valence-corrected chi connectivity index (χ2v) is 7.31. The van der Waals surface area contributed by atoms with E-state index in [-0.39, 0.29) is 18.9 Å². The minimum Gasteiger partial charge on any atom is -0.455 e. The maximum atomic E-state index is 13.1. The van der Waals surface area contributed by atoms with Crippen LogP contribution in [0.1, 0.15) is 23.1 Å². The Hall–Kier alpha value is -3.22. The summed E-state index contributed by atoms with van der Waals surface area (Å²) in [6.45, 7) is 5.49. The average molecular weight is 398 g/mol. The minimum absolute atomic E-state index is 0.00595. The number of hydrogen-bond acceptors (Lipinski definition) is 4. The fraction of sp³-hybridized carbons (Fsp3) is 0.318. The molecule has 7 heteroatoms. The molecule has 2 aromatic carbocycles. The molecule has 0 unspecified atom stereocenters. The molecular formula is C22H23FN2O4. The number of aryl methyl sites for hydroxylation is 3. The van der Waals surface area contributed by atoms with Crippen LogP contribution in [0.5, 0.6) is 0 Å². The zero-order chi connectivity index (χ0) is 21.1. The van der Waals surface area contributed by atoms with E-state index >= 15 is 0 Å². The molecule has 2 aromatic rings. The van der Waals surface area contributed by atoms with Crippen molar-refractivity contribution in [2.24, 2.45) is 5.92 Å². The van der Waals surface area contributed by atoms with E-state index in [0.717, 1.165) is 16.7 Å². The number of carbonyl (C=O) groups excluding carboxylic acids is 3. The largest absolute Gasteiger partial charge is 0.455 e. The Bertz CT molecular complexity index is 933. The van der Waals surface area contributed by atoms with Crippen molar-refractivity contribution in [3.05, 3.63) is 58.9 Å². The first-order chi connectivity index (χ1) is 13.7. The number of halogens is 1. The number of hydrogen-bond donors (Lipinski definition) is 1. The summed E-state index contributed by atoms with van der Waals surface area (Å²) in [5.74, 6) is -2.35. The summed E-state index contributed by atoms with van der Waals surface area (Å²) in [5, 5.41) is 2.77. The van der Waals surface area contributed by atoms with Crippen molar-refractivity contribution < 1.29 is 23.5 Å². The van der Waals surface area contributed by atoms with Gasteiger partial charge in [-0.1, -0.05) is 17.7 Å². The number of rotatable bonds is 5. The van der Waals surface area contributed by atoms with E-state index < -0.39 is 30.2 Å². The summed E-state index contributed by atoms with van der Waals surface area (Å²) in [6, 6.07) is 9.41. The lowest BCUT2D eigenvalue weighted by atomic mass is 10.1. The van der Waals surface area contributed by atoms with E-state index in [4.69, 9.17) is 4.74 Å². The van der Waals surface area contributed by atoms with Crippen molar-refractivity contribution in [2.75, 3.05) is 23.4 Å². The van der Waals surface area contributed by atoms with Crippen LogP contribution in [-0.4, -0.2) is 30.9 Å². The van der Waals surface area contributed by atoms with Crippen molar-refractivity contribution in [3.8, 4) is 0 Å². The van der Waals surface area contributed by atoms with Crippen molar-refractivity contribution in [3.63, 3.8) is 0 Å². The van der Waals surface area contributed by atoms with Crippen LogP contribution in [-0.2, 0) is 19.1 Å². The standard InChI is InChI=1S/C22H23FN2O4/c1-13-8-14(2)21(15(3)9-13)24-19(26)12-29-22(28)16-10-20(27)25(11-16)18-6-4-17(23)5-7-18/h4-9,16H,10-12H2,1-3H3,(H,24,26)/t16-/m0/s1. The lowest BCUT2D eigenvalue weighted by molar-refractivity contribution is -0.151. The molecule has 6 nitrogen and oxygen atoms in total. The van der Waals surface area contributed by atoms with Gasteiger partial charge in [-0.25, -0.2) is 4.39 Å². The van der Waals surface area contributed by atoms with Crippen LogP contribution in [0.15, 0.2) is 36.4 Å². The number of amides is 2. The van der Waals surface area contributed by atoms with E-state index in [9.17, 15) is 18.8 Å². The molecule has 0 spiro atoms. The van der Waals surface area contributed by atoms with Gasteiger partial charge in [0.1, 0.15) is 5.82 Å². The van der Waals surface area contributed by atoms with Crippen LogP contribution >= 0.6 is 0 Å². The molecule has 1 atom stereocenters. The summed E-state index contributed by atoms with van der Waals surface area (Å²) in [4.78, 5) is 38.1. The molecule has 0 radical (unpaired) electrons. The van der Waals surface area contributed by atoms with Crippen molar-refractivity contribution in [1.82, 2.24) is 0 Å². The van der Waals surface area contributed by atoms with Gasteiger partial charge in [-0.3, -0.25) is 14.4 Å². The number of nitrogens with zero attached hydrogens (tertiary/aromatic N) is 1. The van der Waals surface area contributed by atoms with Gasteiger partial charge in [0.15, 0.2) is 6.61 Å². The molecule has 0 bridgehead atoms. The highest BCUT2D eigenvalue weighted by atomic mass is 19.1. The molecule has 1 fully saturated rings. The molecule has 1 heterocycles. The van der Waals surface area contributed by atoms with Gasteiger partial charge in [0.05, 0.1) is 5.92 Å². The third kappa shape index (κ3) is 4.80. The summed E-state index contributed by atoms with van der Waals surface area (Å²) in [6.07, 6.45) is -0.00595. The van der Waals surface area contributed by atoms with Crippen LogP contribution in [0, 0.1) is 32.5 Å². The first-order valence-corrected chi connectivity index (χ1v) is 9.35. The van der Waals surface area contributed by atoms with Crippen LogP contribution < -0.4 is 10.2 Å². The van der Waals surface area contributed by atoms with E-state index in [1.165, 1.54) is 29.2 Å². The average Bonchev–Trinajstić information content (AvgIpc) is 3.05. The van der Waals surface area contributed by atoms with E-state index in [2.05, 4.69) is 5.32 Å². The predicted molar refractivity (Wildman–Crippen MR) is 107 cm³/mol. The Labute approximate surface area is 168 Å². The van der Waals surface area contributed by atoms with Crippen molar-refractivity contribution in [2.45, 2.75) is 27.2 Å². The molecule has 2 amide bonds. The maximum Gasteiger partial charge on any atom is 0.311 e. The summed E-state index contributed by atoms with van der Waals surface area (Å²) in [5.41, 5.74) is 4.18. The molecule has 0 saturated carbocycles. The summed E-state index contributed by atoms with van der Waals surface area (Å²) >= 11 is 0. The number of benzene rings is 2. The van der Waals surface area contributed by atoms with Gasteiger partial charge in [0, 0.05) is 24.3 Å². The maximum absolute atomic E-state index is 13.1. The first kappa shape index (κ1) is 20.5. The quantitative estimate of drug-likeness (QED) is 0.785. The Kier molecular flexibility index (Phi) is 5.96. The summed E-state index contributed by atoms with van der Waals surface area (Å²) < 4.78 is 18.2. The molecule has 1 saturated heterocycles. The second-order valence-electron chi connectivity index (χ2n) is 7.31. The molecule has 1 aliphatic rings. The van der Waals surface area contributed by atoms with Crippen LogP contribution in [0.3, 0.4) is 0 Å². The topological polar surface area (TPSA) is 75.7 Å². The molecule has 3 rings (SSSR count). The Morgan fingerprint density at radius 3 is 2.38 bits per heavy atom. The molecule has 29 heavy (non-hydrogen) atoms. The van der Waals surface area contributed by atoms with Crippen LogP contribution in [0.2, 0.25) is 0 Å². The molecule has 1 N–H and O–H groups in total. The second kappa shape index (κ2) is 8.43. The van der Waals surface area contributed by atoms with Gasteiger partial charge in [-0.05, 0) is 56.2 Å².